The fourth-order valence-electron chi connectivity index (χ4n) is 2.51. The molecule has 0 spiro atoms. The van der Waals surface area contributed by atoms with Crippen LogP contribution in [0.5, 0.6) is 0 Å². The predicted molar refractivity (Wildman–Crippen MR) is 91.6 cm³/mol. The van der Waals surface area contributed by atoms with Gasteiger partial charge in [-0.1, -0.05) is 13.8 Å². The second kappa shape index (κ2) is 7.69. The largest absolute Gasteiger partial charge is 0.381 e. The summed E-state index contributed by atoms with van der Waals surface area (Å²) in [4.78, 5) is 9.56. The standard InChI is InChI=1S/C15H24IN3O2/c1-4-8-17-13-12(16)11(5-2)18-14(19-13)15(20-3)6-9-21-10-7-15/h4-10H2,1-3H3,(H,17,18,19). The van der Waals surface area contributed by atoms with E-state index in [0.717, 1.165) is 53.1 Å². The van der Waals surface area contributed by atoms with Gasteiger partial charge in [-0.25, -0.2) is 9.97 Å². The number of hydrogen-bond acceptors (Lipinski definition) is 5. The van der Waals surface area contributed by atoms with Crippen molar-refractivity contribution in [2.45, 2.75) is 45.1 Å². The van der Waals surface area contributed by atoms with Crippen LogP contribution in [0.15, 0.2) is 0 Å². The summed E-state index contributed by atoms with van der Waals surface area (Å²) in [6.07, 6.45) is 3.58. The second-order valence-corrected chi connectivity index (χ2v) is 6.33. The van der Waals surface area contributed by atoms with E-state index in [-0.39, 0.29) is 0 Å². The van der Waals surface area contributed by atoms with Gasteiger partial charge in [0.2, 0.25) is 0 Å². The van der Waals surface area contributed by atoms with Crippen LogP contribution in [0.2, 0.25) is 0 Å². The summed E-state index contributed by atoms with van der Waals surface area (Å²) >= 11 is 2.33. The van der Waals surface area contributed by atoms with Crippen LogP contribution in [0.25, 0.3) is 0 Å². The fourth-order valence-corrected chi connectivity index (χ4v) is 3.33. The van der Waals surface area contributed by atoms with Crippen molar-refractivity contribution < 1.29 is 9.47 Å². The van der Waals surface area contributed by atoms with E-state index in [2.05, 4.69) is 41.8 Å². The molecule has 2 rings (SSSR count). The average molecular weight is 405 g/mol. The van der Waals surface area contributed by atoms with Gasteiger partial charge in [0.1, 0.15) is 11.4 Å². The Morgan fingerprint density at radius 3 is 2.57 bits per heavy atom. The van der Waals surface area contributed by atoms with Gasteiger partial charge in [0.05, 0.1) is 9.26 Å². The smallest absolute Gasteiger partial charge is 0.163 e. The maximum Gasteiger partial charge on any atom is 0.163 e. The van der Waals surface area contributed by atoms with Crippen molar-refractivity contribution in [2.75, 3.05) is 32.2 Å². The maximum atomic E-state index is 5.83. The molecule has 6 heteroatoms. The van der Waals surface area contributed by atoms with Crippen molar-refractivity contribution in [2.24, 2.45) is 0 Å². The van der Waals surface area contributed by atoms with E-state index >= 15 is 0 Å². The number of anilines is 1. The van der Waals surface area contributed by atoms with Crippen molar-refractivity contribution in [3.63, 3.8) is 0 Å². The first-order valence-electron chi connectivity index (χ1n) is 7.60. The summed E-state index contributed by atoms with van der Waals surface area (Å²) < 4.78 is 12.4. The summed E-state index contributed by atoms with van der Waals surface area (Å²) in [6, 6.07) is 0. The van der Waals surface area contributed by atoms with Crippen molar-refractivity contribution >= 4 is 28.4 Å². The van der Waals surface area contributed by atoms with Gasteiger partial charge in [0.25, 0.3) is 0 Å². The molecule has 0 amide bonds. The molecule has 0 aliphatic carbocycles. The minimum atomic E-state index is -0.408. The summed E-state index contributed by atoms with van der Waals surface area (Å²) in [5, 5.41) is 3.41. The third kappa shape index (κ3) is 3.65. The molecule has 1 N–H and O–H groups in total. The van der Waals surface area contributed by atoms with E-state index in [0.29, 0.717) is 13.2 Å². The molecule has 1 saturated heterocycles. The van der Waals surface area contributed by atoms with Crippen LogP contribution in [0.1, 0.15) is 44.6 Å². The molecule has 0 radical (unpaired) electrons. The van der Waals surface area contributed by atoms with Crippen LogP contribution >= 0.6 is 22.6 Å². The zero-order valence-electron chi connectivity index (χ0n) is 13.0. The van der Waals surface area contributed by atoms with E-state index < -0.39 is 5.60 Å². The van der Waals surface area contributed by atoms with Gasteiger partial charge in [0, 0.05) is 39.7 Å². The van der Waals surface area contributed by atoms with Crippen molar-refractivity contribution in [3.05, 3.63) is 15.1 Å². The quantitative estimate of drug-likeness (QED) is 0.738. The fraction of sp³-hybridized carbons (Fsp3) is 0.733. The van der Waals surface area contributed by atoms with Gasteiger partial charge >= 0.3 is 0 Å². The van der Waals surface area contributed by atoms with E-state index in [1.807, 2.05) is 0 Å². The third-order valence-corrected chi connectivity index (χ3v) is 5.03. The van der Waals surface area contributed by atoms with Gasteiger partial charge in [0.15, 0.2) is 5.82 Å². The molecule has 0 saturated carbocycles. The number of aromatic nitrogens is 2. The summed E-state index contributed by atoms with van der Waals surface area (Å²) in [6.45, 7) is 6.59. The number of nitrogens with zero attached hydrogens (tertiary/aromatic N) is 2. The Bertz CT molecular complexity index is 476. The number of aryl methyl sites for hydroxylation is 1. The third-order valence-electron chi connectivity index (χ3n) is 3.90. The molecule has 118 valence electrons. The van der Waals surface area contributed by atoms with Crippen LogP contribution in [0, 0.1) is 3.57 Å². The zero-order chi connectivity index (χ0) is 15.3. The van der Waals surface area contributed by atoms with Crippen molar-refractivity contribution in [3.8, 4) is 0 Å². The molecule has 1 aromatic heterocycles. The molecule has 0 aromatic carbocycles. The van der Waals surface area contributed by atoms with E-state index in [1.165, 1.54) is 0 Å². The Labute approximate surface area is 140 Å². The van der Waals surface area contributed by atoms with Crippen LogP contribution in [-0.2, 0) is 21.5 Å². The highest BCUT2D eigenvalue weighted by Gasteiger charge is 2.38. The first-order chi connectivity index (χ1) is 10.2. The molecular weight excluding hydrogens is 381 g/mol. The van der Waals surface area contributed by atoms with Crippen LogP contribution in [0.3, 0.4) is 0 Å². The molecular formula is C15H24IN3O2. The highest BCUT2D eigenvalue weighted by atomic mass is 127. The number of ether oxygens (including phenoxy) is 2. The van der Waals surface area contributed by atoms with Crippen LogP contribution in [0.4, 0.5) is 5.82 Å². The molecule has 0 bridgehead atoms. The van der Waals surface area contributed by atoms with E-state index in [1.54, 1.807) is 7.11 Å². The average Bonchev–Trinajstić information content (AvgIpc) is 2.54. The Kier molecular flexibility index (Phi) is 6.19. The molecule has 21 heavy (non-hydrogen) atoms. The van der Waals surface area contributed by atoms with Crippen molar-refractivity contribution in [1.29, 1.82) is 0 Å². The first kappa shape index (κ1) is 16.9. The minimum absolute atomic E-state index is 0.408. The topological polar surface area (TPSA) is 56.3 Å². The normalized spacial score (nSPS) is 17.7. The summed E-state index contributed by atoms with van der Waals surface area (Å²) in [5.41, 5.74) is 0.678. The summed E-state index contributed by atoms with van der Waals surface area (Å²) in [5.74, 6) is 1.73. The number of nitrogens with one attached hydrogen (secondary N) is 1. The minimum Gasteiger partial charge on any atom is -0.381 e. The predicted octanol–water partition coefficient (Wildman–Crippen LogP) is 3.12. The molecule has 1 fully saturated rings. The van der Waals surface area contributed by atoms with Gasteiger partial charge in [-0.05, 0) is 35.4 Å². The van der Waals surface area contributed by atoms with Crippen LogP contribution < -0.4 is 5.32 Å². The van der Waals surface area contributed by atoms with Gasteiger partial charge < -0.3 is 14.8 Å². The lowest BCUT2D eigenvalue weighted by Gasteiger charge is -2.34. The molecule has 1 aromatic rings. The lowest BCUT2D eigenvalue weighted by molar-refractivity contribution is -0.1000. The highest BCUT2D eigenvalue weighted by molar-refractivity contribution is 14.1. The Hall–Kier alpha value is -0.470. The molecule has 1 aliphatic rings. The molecule has 5 nitrogen and oxygen atoms in total. The number of halogens is 1. The molecule has 0 unspecified atom stereocenters. The van der Waals surface area contributed by atoms with E-state index in [9.17, 15) is 0 Å². The second-order valence-electron chi connectivity index (χ2n) is 5.25. The van der Waals surface area contributed by atoms with Gasteiger partial charge in [-0.3, -0.25) is 0 Å². The first-order valence-corrected chi connectivity index (χ1v) is 8.68. The Morgan fingerprint density at radius 2 is 2.00 bits per heavy atom. The Balaban J connectivity index is 2.41. The number of rotatable bonds is 6. The van der Waals surface area contributed by atoms with Crippen molar-refractivity contribution in [1.82, 2.24) is 9.97 Å². The SMILES string of the molecule is CCCNc1nc(C2(OC)CCOCC2)nc(CC)c1I. The number of methoxy groups -OCH3 is 1. The Morgan fingerprint density at radius 1 is 1.29 bits per heavy atom. The van der Waals surface area contributed by atoms with Gasteiger partial charge in [-0.2, -0.15) is 0 Å². The lowest BCUT2D eigenvalue weighted by Crippen LogP contribution is -2.38. The highest BCUT2D eigenvalue weighted by Crippen LogP contribution is 2.35. The zero-order valence-corrected chi connectivity index (χ0v) is 15.2. The van der Waals surface area contributed by atoms with Crippen LogP contribution in [-0.4, -0.2) is 36.8 Å². The molecule has 1 aliphatic heterocycles. The lowest BCUT2D eigenvalue weighted by atomic mass is 9.93. The summed E-state index contributed by atoms with van der Waals surface area (Å²) in [7, 11) is 1.75. The van der Waals surface area contributed by atoms with Gasteiger partial charge in [-0.15, -0.1) is 0 Å². The monoisotopic (exact) mass is 405 g/mol. The maximum absolute atomic E-state index is 5.83. The molecule has 0 atom stereocenters. The van der Waals surface area contributed by atoms with E-state index in [4.69, 9.17) is 19.4 Å². The molecule has 2 heterocycles. The number of hydrogen-bond donors (Lipinski definition) is 1.